The third kappa shape index (κ3) is 3.93. The number of hydrogen-bond donors (Lipinski definition) is 2. The van der Waals surface area contributed by atoms with E-state index in [9.17, 15) is 4.79 Å². The number of imidazole rings is 1. The number of hydrogen-bond acceptors (Lipinski definition) is 3. The van der Waals surface area contributed by atoms with Crippen LogP contribution in [0.25, 0.3) is 11.0 Å². The highest BCUT2D eigenvalue weighted by molar-refractivity contribution is 5.97. The lowest BCUT2D eigenvalue weighted by Gasteiger charge is -2.08. The standard InChI is InChI=1S/C19H21N3O2/c1-2-3-10-24-16-7-4-14(5-8-16)12-20-19(23)15-6-9-17-18(11-15)22-13-21-17/h4-9,11,13H,2-3,10,12H2,1H3,(H,20,23)(H,21,22). The van der Waals surface area contributed by atoms with Gasteiger partial charge in [0.05, 0.1) is 24.0 Å². The number of amides is 1. The van der Waals surface area contributed by atoms with Gasteiger partial charge in [0.1, 0.15) is 5.75 Å². The number of aromatic amines is 1. The normalized spacial score (nSPS) is 10.7. The van der Waals surface area contributed by atoms with Crippen LogP contribution < -0.4 is 10.1 Å². The zero-order valence-corrected chi connectivity index (χ0v) is 13.7. The van der Waals surface area contributed by atoms with E-state index in [4.69, 9.17) is 4.74 Å². The smallest absolute Gasteiger partial charge is 0.251 e. The summed E-state index contributed by atoms with van der Waals surface area (Å²) in [4.78, 5) is 19.4. The molecule has 24 heavy (non-hydrogen) atoms. The number of rotatable bonds is 7. The first kappa shape index (κ1) is 16.1. The molecule has 5 heteroatoms. The van der Waals surface area contributed by atoms with Crippen molar-refractivity contribution in [3.8, 4) is 5.75 Å². The highest BCUT2D eigenvalue weighted by Crippen LogP contribution is 2.14. The van der Waals surface area contributed by atoms with E-state index in [0.717, 1.165) is 41.8 Å². The molecule has 3 rings (SSSR count). The first-order chi connectivity index (χ1) is 11.8. The van der Waals surface area contributed by atoms with Gasteiger partial charge in [-0.05, 0) is 42.3 Å². The monoisotopic (exact) mass is 323 g/mol. The number of fused-ring (bicyclic) bond motifs is 1. The number of ether oxygens (including phenoxy) is 1. The summed E-state index contributed by atoms with van der Waals surface area (Å²) in [5.41, 5.74) is 3.36. The first-order valence-corrected chi connectivity index (χ1v) is 8.19. The molecule has 0 fully saturated rings. The molecule has 0 radical (unpaired) electrons. The summed E-state index contributed by atoms with van der Waals surface area (Å²) in [5, 5.41) is 2.93. The summed E-state index contributed by atoms with van der Waals surface area (Å²) in [6, 6.07) is 13.2. The van der Waals surface area contributed by atoms with Crippen molar-refractivity contribution in [2.24, 2.45) is 0 Å². The Hall–Kier alpha value is -2.82. The predicted molar refractivity (Wildman–Crippen MR) is 94.1 cm³/mol. The van der Waals surface area contributed by atoms with Gasteiger partial charge in [0.15, 0.2) is 0 Å². The highest BCUT2D eigenvalue weighted by Gasteiger charge is 2.07. The van der Waals surface area contributed by atoms with Crippen molar-refractivity contribution in [3.63, 3.8) is 0 Å². The summed E-state index contributed by atoms with van der Waals surface area (Å²) in [7, 11) is 0. The lowest BCUT2D eigenvalue weighted by molar-refractivity contribution is 0.0951. The van der Waals surface area contributed by atoms with Crippen LogP contribution in [-0.2, 0) is 6.54 Å². The molecule has 0 saturated carbocycles. The van der Waals surface area contributed by atoms with Gasteiger partial charge < -0.3 is 15.0 Å². The molecule has 0 aliphatic carbocycles. The van der Waals surface area contributed by atoms with E-state index < -0.39 is 0 Å². The van der Waals surface area contributed by atoms with Crippen molar-refractivity contribution in [1.82, 2.24) is 15.3 Å². The molecular formula is C19H21N3O2. The number of unbranched alkanes of at least 4 members (excludes halogenated alkanes) is 1. The quantitative estimate of drug-likeness (QED) is 0.652. The second-order valence-corrected chi connectivity index (χ2v) is 5.66. The highest BCUT2D eigenvalue weighted by atomic mass is 16.5. The zero-order valence-electron chi connectivity index (χ0n) is 13.7. The van der Waals surface area contributed by atoms with E-state index in [2.05, 4.69) is 22.2 Å². The van der Waals surface area contributed by atoms with Crippen molar-refractivity contribution < 1.29 is 9.53 Å². The van der Waals surface area contributed by atoms with E-state index in [1.165, 1.54) is 0 Å². The van der Waals surface area contributed by atoms with Gasteiger partial charge in [0, 0.05) is 12.1 Å². The Morgan fingerprint density at radius 2 is 2.04 bits per heavy atom. The van der Waals surface area contributed by atoms with Gasteiger partial charge in [-0.2, -0.15) is 0 Å². The summed E-state index contributed by atoms with van der Waals surface area (Å²) in [6.45, 7) is 3.36. The van der Waals surface area contributed by atoms with Gasteiger partial charge in [0.2, 0.25) is 0 Å². The second kappa shape index (κ2) is 7.64. The number of benzene rings is 2. The lowest BCUT2D eigenvalue weighted by atomic mass is 10.1. The van der Waals surface area contributed by atoms with Crippen LogP contribution in [0, 0.1) is 0 Å². The molecule has 124 valence electrons. The minimum absolute atomic E-state index is 0.102. The van der Waals surface area contributed by atoms with Crippen LogP contribution in [0.15, 0.2) is 48.8 Å². The minimum atomic E-state index is -0.102. The Morgan fingerprint density at radius 3 is 2.83 bits per heavy atom. The molecule has 1 amide bonds. The van der Waals surface area contributed by atoms with E-state index >= 15 is 0 Å². The molecule has 0 atom stereocenters. The number of aromatic nitrogens is 2. The third-order valence-corrected chi connectivity index (χ3v) is 3.83. The van der Waals surface area contributed by atoms with Gasteiger partial charge in [-0.1, -0.05) is 25.5 Å². The largest absolute Gasteiger partial charge is 0.494 e. The van der Waals surface area contributed by atoms with Crippen LogP contribution in [0.1, 0.15) is 35.7 Å². The molecule has 1 aromatic heterocycles. The molecule has 3 aromatic rings. The van der Waals surface area contributed by atoms with Crippen LogP contribution in [0.5, 0.6) is 5.75 Å². The molecule has 2 N–H and O–H groups in total. The number of H-pyrrole nitrogens is 1. The van der Waals surface area contributed by atoms with Crippen LogP contribution in [0.3, 0.4) is 0 Å². The Morgan fingerprint density at radius 1 is 1.21 bits per heavy atom. The van der Waals surface area contributed by atoms with Gasteiger partial charge in [-0.3, -0.25) is 4.79 Å². The molecule has 0 aliphatic rings. The van der Waals surface area contributed by atoms with Gasteiger partial charge in [0.25, 0.3) is 5.91 Å². The molecule has 0 bridgehead atoms. The van der Waals surface area contributed by atoms with Crippen LogP contribution >= 0.6 is 0 Å². The maximum Gasteiger partial charge on any atom is 0.251 e. The second-order valence-electron chi connectivity index (χ2n) is 5.66. The fourth-order valence-corrected chi connectivity index (χ4v) is 2.40. The van der Waals surface area contributed by atoms with Crippen molar-refractivity contribution in [2.45, 2.75) is 26.3 Å². The van der Waals surface area contributed by atoms with Crippen molar-refractivity contribution >= 4 is 16.9 Å². The minimum Gasteiger partial charge on any atom is -0.494 e. The fourth-order valence-electron chi connectivity index (χ4n) is 2.40. The van der Waals surface area contributed by atoms with E-state index in [0.29, 0.717) is 12.1 Å². The average Bonchev–Trinajstić information content (AvgIpc) is 3.08. The molecular weight excluding hydrogens is 302 g/mol. The van der Waals surface area contributed by atoms with Crippen molar-refractivity contribution in [2.75, 3.05) is 6.61 Å². The summed E-state index contributed by atoms with van der Waals surface area (Å²) in [5.74, 6) is 0.762. The van der Waals surface area contributed by atoms with Gasteiger partial charge in [-0.15, -0.1) is 0 Å². The SMILES string of the molecule is CCCCOc1ccc(CNC(=O)c2ccc3nc[nH]c3c2)cc1. The van der Waals surface area contributed by atoms with Crippen LogP contribution in [0.2, 0.25) is 0 Å². The fraction of sp³-hybridized carbons (Fsp3) is 0.263. The molecule has 1 heterocycles. The van der Waals surface area contributed by atoms with Crippen LogP contribution in [-0.4, -0.2) is 22.5 Å². The molecule has 0 aliphatic heterocycles. The molecule has 2 aromatic carbocycles. The number of carbonyl (C=O) groups is 1. The number of carbonyl (C=O) groups excluding carboxylic acids is 1. The maximum absolute atomic E-state index is 12.3. The maximum atomic E-state index is 12.3. The summed E-state index contributed by atoms with van der Waals surface area (Å²) >= 11 is 0. The number of nitrogens with zero attached hydrogens (tertiary/aromatic N) is 1. The Labute approximate surface area is 141 Å². The topological polar surface area (TPSA) is 67.0 Å². The molecule has 0 spiro atoms. The lowest BCUT2D eigenvalue weighted by Crippen LogP contribution is -2.22. The summed E-state index contributed by atoms with van der Waals surface area (Å²) < 4.78 is 5.63. The first-order valence-electron chi connectivity index (χ1n) is 8.19. The molecule has 5 nitrogen and oxygen atoms in total. The molecule has 0 unspecified atom stereocenters. The van der Waals surface area contributed by atoms with Crippen molar-refractivity contribution in [1.29, 1.82) is 0 Å². The van der Waals surface area contributed by atoms with E-state index in [-0.39, 0.29) is 5.91 Å². The van der Waals surface area contributed by atoms with E-state index in [1.807, 2.05) is 36.4 Å². The Balaban J connectivity index is 1.55. The third-order valence-electron chi connectivity index (χ3n) is 3.83. The van der Waals surface area contributed by atoms with E-state index in [1.54, 1.807) is 12.4 Å². The summed E-state index contributed by atoms with van der Waals surface area (Å²) in [6.07, 6.45) is 3.80. The Bertz CT molecular complexity index is 809. The van der Waals surface area contributed by atoms with Gasteiger partial charge in [-0.25, -0.2) is 4.98 Å². The number of nitrogens with one attached hydrogen (secondary N) is 2. The van der Waals surface area contributed by atoms with Crippen molar-refractivity contribution in [3.05, 3.63) is 59.9 Å². The van der Waals surface area contributed by atoms with Gasteiger partial charge >= 0.3 is 0 Å². The van der Waals surface area contributed by atoms with Crippen LogP contribution in [0.4, 0.5) is 0 Å². The average molecular weight is 323 g/mol. The molecule has 0 saturated heterocycles. The predicted octanol–water partition coefficient (Wildman–Crippen LogP) is 3.67. The Kier molecular flexibility index (Phi) is 5.11. The zero-order chi connectivity index (χ0) is 16.8.